The molecule has 1 amide bonds. The molecule has 1 aromatic heterocycles. The number of benzene rings is 1. The molecule has 2 aromatic rings. The summed E-state index contributed by atoms with van der Waals surface area (Å²) in [6.07, 6.45) is 0. The molecule has 0 spiro atoms. The quantitative estimate of drug-likeness (QED) is 0.875. The number of aryl methyl sites for hydroxylation is 1. The Morgan fingerprint density at radius 2 is 1.85 bits per heavy atom. The summed E-state index contributed by atoms with van der Waals surface area (Å²) in [4.78, 5) is 20.6. The third-order valence-corrected chi connectivity index (χ3v) is 2.87. The molecule has 0 atom stereocenters. The number of hydrogen-bond acceptors (Lipinski definition) is 4. The lowest BCUT2D eigenvalue weighted by atomic mass is 10.2. The van der Waals surface area contributed by atoms with Crippen molar-refractivity contribution in [2.75, 3.05) is 18.4 Å². The van der Waals surface area contributed by atoms with Crippen molar-refractivity contribution in [3.05, 3.63) is 30.0 Å². The van der Waals surface area contributed by atoms with Crippen molar-refractivity contribution in [3.63, 3.8) is 0 Å². The highest BCUT2D eigenvalue weighted by Crippen LogP contribution is 2.15. The average molecular weight is 272 g/mol. The van der Waals surface area contributed by atoms with Gasteiger partial charge in [0.05, 0.1) is 23.3 Å². The summed E-state index contributed by atoms with van der Waals surface area (Å²) in [5.41, 5.74) is 2.48. The molecule has 0 aliphatic heterocycles. The molecular formula is C15H20N4O. The van der Waals surface area contributed by atoms with Crippen LogP contribution in [0.2, 0.25) is 0 Å². The molecule has 2 rings (SSSR count). The van der Waals surface area contributed by atoms with Gasteiger partial charge in [0, 0.05) is 6.54 Å². The Labute approximate surface area is 118 Å². The molecule has 20 heavy (non-hydrogen) atoms. The highest BCUT2D eigenvalue weighted by Gasteiger charge is 2.07. The first-order valence-corrected chi connectivity index (χ1v) is 6.80. The predicted molar refractivity (Wildman–Crippen MR) is 80.6 cm³/mol. The molecule has 1 aromatic carbocycles. The van der Waals surface area contributed by atoms with E-state index in [1.807, 2.05) is 31.2 Å². The Hall–Kier alpha value is -2.17. The molecule has 2 N–H and O–H groups in total. The van der Waals surface area contributed by atoms with Gasteiger partial charge in [-0.25, -0.2) is 9.97 Å². The maximum atomic E-state index is 11.7. The van der Waals surface area contributed by atoms with E-state index in [2.05, 4.69) is 34.4 Å². The summed E-state index contributed by atoms with van der Waals surface area (Å²) in [5.74, 6) is 1.07. The van der Waals surface area contributed by atoms with E-state index < -0.39 is 0 Å². The Morgan fingerprint density at radius 1 is 1.20 bits per heavy atom. The Balaban J connectivity index is 2.02. The molecular weight excluding hydrogens is 252 g/mol. The van der Waals surface area contributed by atoms with Gasteiger partial charge in [-0.1, -0.05) is 26.0 Å². The molecule has 0 aliphatic carbocycles. The van der Waals surface area contributed by atoms with Crippen LogP contribution in [-0.4, -0.2) is 29.0 Å². The largest absolute Gasteiger partial charge is 0.359 e. The summed E-state index contributed by atoms with van der Waals surface area (Å²) < 4.78 is 0. The molecule has 0 radical (unpaired) electrons. The third-order valence-electron chi connectivity index (χ3n) is 2.87. The monoisotopic (exact) mass is 272 g/mol. The van der Waals surface area contributed by atoms with Gasteiger partial charge in [0.2, 0.25) is 5.91 Å². The van der Waals surface area contributed by atoms with Gasteiger partial charge >= 0.3 is 0 Å². The Bertz CT molecular complexity index is 610. The zero-order valence-corrected chi connectivity index (χ0v) is 12.1. The molecule has 1 heterocycles. The van der Waals surface area contributed by atoms with Crippen LogP contribution >= 0.6 is 0 Å². The summed E-state index contributed by atoms with van der Waals surface area (Å²) in [7, 11) is 0. The van der Waals surface area contributed by atoms with Crippen molar-refractivity contribution in [1.29, 1.82) is 0 Å². The van der Waals surface area contributed by atoms with E-state index in [9.17, 15) is 4.79 Å². The number of carbonyl (C=O) groups is 1. The maximum absolute atomic E-state index is 11.7. The number of carbonyl (C=O) groups excluding carboxylic acids is 1. The lowest BCUT2D eigenvalue weighted by Crippen LogP contribution is -2.32. The minimum absolute atomic E-state index is 0.0342. The van der Waals surface area contributed by atoms with Gasteiger partial charge in [-0.3, -0.25) is 4.79 Å². The fraction of sp³-hybridized carbons (Fsp3) is 0.400. The molecule has 0 aliphatic rings. The van der Waals surface area contributed by atoms with Crippen LogP contribution in [0.3, 0.4) is 0 Å². The standard InChI is InChI=1S/C15H20N4O/c1-10(2)8-16-14(20)9-17-15-11(3)18-12-6-4-5-7-13(12)19-15/h4-7,10H,8-9H2,1-3H3,(H,16,20)(H,17,19). The summed E-state index contributed by atoms with van der Waals surface area (Å²) in [6, 6.07) is 7.69. The summed E-state index contributed by atoms with van der Waals surface area (Å²) in [6.45, 7) is 6.90. The van der Waals surface area contributed by atoms with Crippen molar-refractivity contribution >= 4 is 22.8 Å². The van der Waals surface area contributed by atoms with Crippen LogP contribution < -0.4 is 10.6 Å². The van der Waals surface area contributed by atoms with Gasteiger partial charge in [-0.05, 0) is 25.0 Å². The molecule has 0 saturated carbocycles. The van der Waals surface area contributed by atoms with E-state index in [0.29, 0.717) is 18.3 Å². The SMILES string of the molecule is Cc1nc2ccccc2nc1NCC(=O)NCC(C)C. The van der Waals surface area contributed by atoms with Gasteiger partial charge < -0.3 is 10.6 Å². The van der Waals surface area contributed by atoms with E-state index in [4.69, 9.17) is 0 Å². The van der Waals surface area contributed by atoms with Gasteiger partial charge in [0.15, 0.2) is 0 Å². The van der Waals surface area contributed by atoms with Crippen LogP contribution in [0.15, 0.2) is 24.3 Å². The van der Waals surface area contributed by atoms with Crippen molar-refractivity contribution < 1.29 is 4.79 Å². The lowest BCUT2D eigenvalue weighted by molar-refractivity contribution is -0.119. The number of fused-ring (bicyclic) bond motifs is 1. The number of nitrogens with zero attached hydrogens (tertiary/aromatic N) is 2. The second kappa shape index (κ2) is 6.32. The highest BCUT2D eigenvalue weighted by molar-refractivity contribution is 5.81. The predicted octanol–water partition coefficient (Wildman–Crippen LogP) is 2.12. The summed E-state index contributed by atoms with van der Waals surface area (Å²) >= 11 is 0. The van der Waals surface area contributed by atoms with E-state index in [-0.39, 0.29) is 12.5 Å². The van der Waals surface area contributed by atoms with Gasteiger partial charge in [-0.15, -0.1) is 0 Å². The fourth-order valence-corrected chi connectivity index (χ4v) is 1.80. The maximum Gasteiger partial charge on any atom is 0.239 e. The van der Waals surface area contributed by atoms with Gasteiger partial charge in [0.1, 0.15) is 5.82 Å². The molecule has 0 saturated heterocycles. The number of rotatable bonds is 5. The third kappa shape index (κ3) is 3.66. The minimum Gasteiger partial charge on any atom is -0.359 e. The van der Waals surface area contributed by atoms with Crippen LogP contribution in [-0.2, 0) is 4.79 Å². The molecule has 5 nitrogen and oxygen atoms in total. The van der Waals surface area contributed by atoms with Crippen LogP contribution in [0.4, 0.5) is 5.82 Å². The number of hydrogen-bond donors (Lipinski definition) is 2. The number of anilines is 1. The second-order valence-electron chi connectivity index (χ2n) is 5.20. The minimum atomic E-state index is -0.0342. The van der Waals surface area contributed by atoms with Crippen molar-refractivity contribution in [2.24, 2.45) is 5.92 Å². The summed E-state index contributed by atoms with van der Waals surface area (Å²) in [5, 5.41) is 5.90. The first-order chi connectivity index (χ1) is 9.56. The normalized spacial score (nSPS) is 10.8. The van der Waals surface area contributed by atoms with Crippen molar-refractivity contribution in [2.45, 2.75) is 20.8 Å². The first kappa shape index (κ1) is 14.2. The van der Waals surface area contributed by atoms with Crippen LogP contribution in [0.5, 0.6) is 0 Å². The van der Waals surface area contributed by atoms with Crippen molar-refractivity contribution in [1.82, 2.24) is 15.3 Å². The Morgan fingerprint density at radius 3 is 2.50 bits per heavy atom. The molecule has 0 unspecified atom stereocenters. The highest BCUT2D eigenvalue weighted by atomic mass is 16.1. The number of aromatic nitrogens is 2. The smallest absolute Gasteiger partial charge is 0.239 e. The zero-order chi connectivity index (χ0) is 14.5. The average Bonchev–Trinajstić information content (AvgIpc) is 2.42. The number of para-hydroxylation sites is 2. The van der Waals surface area contributed by atoms with Crippen molar-refractivity contribution in [3.8, 4) is 0 Å². The number of nitrogens with one attached hydrogen (secondary N) is 2. The van der Waals surface area contributed by atoms with Gasteiger partial charge in [0.25, 0.3) is 0 Å². The number of amides is 1. The molecule has 0 fully saturated rings. The van der Waals surface area contributed by atoms with Crippen LogP contribution in [0.25, 0.3) is 11.0 Å². The van der Waals surface area contributed by atoms with Gasteiger partial charge in [-0.2, -0.15) is 0 Å². The molecule has 5 heteroatoms. The lowest BCUT2D eigenvalue weighted by Gasteiger charge is -2.10. The zero-order valence-electron chi connectivity index (χ0n) is 12.1. The fourth-order valence-electron chi connectivity index (χ4n) is 1.80. The van der Waals surface area contributed by atoms with Crippen LogP contribution in [0.1, 0.15) is 19.5 Å². The van der Waals surface area contributed by atoms with E-state index in [1.165, 1.54) is 0 Å². The Kier molecular flexibility index (Phi) is 4.50. The van der Waals surface area contributed by atoms with Crippen LogP contribution in [0, 0.1) is 12.8 Å². The second-order valence-corrected chi connectivity index (χ2v) is 5.20. The molecule has 0 bridgehead atoms. The molecule has 106 valence electrons. The topological polar surface area (TPSA) is 66.9 Å². The van der Waals surface area contributed by atoms with E-state index in [1.54, 1.807) is 0 Å². The first-order valence-electron chi connectivity index (χ1n) is 6.80. The van der Waals surface area contributed by atoms with E-state index >= 15 is 0 Å². The van der Waals surface area contributed by atoms with E-state index in [0.717, 1.165) is 16.7 Å².